The molecular weight excluding hydrogens is 256 g/mol. The van der Waals surface area contributed by atoms with Crippen LogP contribution in [0.4, 0.5) is 0 Å². The predicted molar refractivity (Wildman–Crippen MR) is 79.3 cm³/mol. The number of hydrogen-bond donors (Lipinski definition) is 1. The quantitative estimate of drug-likeness (QED) is 0.929. The van der Waals surface area contributed by atoms with Gasteiger partial charge >= 0.3 is 0 Å². The first kappa shape index (κ1) is 12.6. The highest BCUT2D eigenvalue weighted by Crippen LogP contribution is 2.25. The topological polar surface area (TPSA) is 32.3 Å². The summed E-state index contributed by atoms with van der Waals surface area (Å²) < 4.78 is 1.31. The molecule has 3 nitrogen and oxygen atoms in total. The van der Waals surface area contributed by atoms with Gasteiger partial charge in [-0.3, -0.25) is 4.79 Å². The second kappa shape index (κ2) is 5.72. The van der Waals surface area contributed by atoms with Gasteiger partial charge < -0.3 is 10.2 Å². The molecule has 1 saturated heterocycles. The highest BCUT2D eigenvalue weighted by atomic mass is 32.1. The van der Waals surface area contributed by atoms with E-state index in [1.54, 1.807) is 11.3 Å². The van der Waals surface area contributed by atoms with Crippen LogP contribution in [-0.4, -0.2) is 30.4 Å². The monoisotopic (exact) mass is 274 g/mol. The van der Waals surface area contributed by atoms with Gasteiger partial charge in [-0.2, -0.15) is 0 Å². The lowest BCUT2D eigenvalue weighted by Crippen LogP contribution is -2.35. The fourth-order valence-corrected chi connectivity index (χ4v) is 3.51. The number of fused-ring (bicyclic) bond motifs is 1. The minimum Gasteiger partial charge on any atom is -0.342 e. The van der Waals surface area contributed by atoms with Crippen LogP contribution < -0.4 is 5.32 Å². The van der Waals surface area contributed by atoms with E-state index in [-0.39, 0.29) is 5.91 Å². The van der Waals surface area contributed by atoms with Gasteiger partial charge in [-0.15, -0.1) is 11.3 Å². The van der Waals surface area contributed by atoms with Gasteiger partial charge in [-0.05, 0) is 35.2 Å². The molecule has 3 rings (SSSR count). The van der Waals surface area contributed by atoms with Crippen molar-refractivity contribution >= 4 is 27.3 Å². The van der Waals surface area contributed by atoms with Gasteiger partial charge in [-0.1, -0.05) is 18.2 Å². The molecule has 100 valence electrons. The Morgan fingerprint density at radius 2 is 2.05 bits per heavy atom. The summed E-state index contributed by atoms with van der Waals surface area (Å²) in [6.07, 6.45) is 2.31. The van der Waals surface area contributed by atoms with E-state index in [9.17, 15) is 4.79 Å². The highest BCUT2D eigenvalue weighted by Gasteiger charge is 2.17. The average molecular weight is 274 g/mol. The molecule has 1 aromatic heterocycles. The minimum absolute atomic E-state index is 0.233. The number of nitrogens with zero attached hydrogens (tertiary/aromatic N) is 1. The maximum absolute atomic E-state index is 11.9. The molecule has 1 fully saturated rings. The summed E-state index contributed by atoms with van der Waals surface area (Å²) in [5.74, 6) is 0.233. The summed E-state index contributed by atoms with van der Waals surface area (Å²) in [5.41, 5.74) is 1.29. The Morgan fingerprint density at radius 3 is 2.89 bits per heavy atom. The SMILES string of the molecule is O=C(CNCc1csc2ccccc12)N1CCCC1. The molecule has 2 aromatic rings. The molecule has 1 aromatic carbocycles. The van der Waals surface area contributed by atoms with Crippen molar-refractivity contribution in [3.8, 4) is 0 Å². The molecule has 0 aliphatic carbocycles. The largest absolute Gasteiger partial charge is 0.342 e. The average Bonchev–Trinajstić information content (AvgIpc) is 3.08. The van der Waals surface area contributed by atoms with Crippen molar-refractivity contribution in [1.82, 2.24) is 10.2 Å². The van der Waals surface area contributed by atoms with E-state index in [0.29, 0.717) is 6.54 Å². The standard InChI is InChI=1S/C15H18N2OS/c18-15(17-7-3-4-8-17)10-16-9-12-11-19-14-6-2-1-5-13(12)14/h1-2,5-6,11,16H,3-4,7-10H2. The van der Waals surface area contributed by atoms with Crippen LogP contribution in [0.1, 0.15) is 18.4 Å². The third kappa shape index (κ3) is 2.80. The van der Waals surface area contributed by atoms with Gasteiger partial charge in [0.2, 0.25) is 5.91 Å². The second-order valence-corrected chi connectivity index (χ2v) is 5.86. The zero-order chi connectivity index (χ0) is 13.1. The number of likely N-dealkylation sites (tertiary alicyclic amines) is 1. The Kier molecular flexibility index (Phi) is 3.80. The van der Waals surface area contributed by atoms with Gasteiger partial charge in [0.1, 0.15) is 0 Å². The van der Waals surface area contributed by atoms with Crippen LogP contribution in [-0.2, 0) is 11.3 Å². The molecule has 1 aliphatic rings. The Morgan fingerprint density at radius 1 is 1.26 bits per heavy atom. The smallest absolute Gasteiger partial charge is 0.236 e. The first-order valence-corrected chi connectivity index (χ1v) is 7.66. The first-order valence-electron chi connectivity index (χ1n) is 6.78. The van der Waals surface area contributed by atoms with Crippen LogP contribution >= 0.6 is 11.3 Å². The van der Waals surface area contributed by atoms with Crippen LogP contribution in [0.2, 0.25) is 0 Å². The van der Waals surface area contributed by atoms with Crippen molar-refractivity contribution in [2.24, 2.45) is 0 Å². The minimum atomic E-state index is 0.233. The lowest BCUT2D eigenvalue weighted by atomic mass is 10.2. The van der Waals surface area contributed by atoms with Crippen molar-refractivity contribution < 1.29 is 4.79 Å². The van der Waals surface area contributed by atoms with E-state index in [2.05, 4.69) is 35.0 Å². The van der Waals surface area contributed by atoms with Gasteiger partial charge in [0.05, 0.1) is 6.54 Å². The highest BCUT2D eigenvalue weighted by molar-refractivity contribution is 7.17. The third-order valence-electron chi connectivity index (χ3n) is 3.61. The van der Waals surface area contributed by atoms with Crippen molar-refractivity contribution in [2.45, 2.75) is 19.4 Å². The van der Waals surface area contributed by atoms with Gasteiger partial charge in [0.15, 0.2) is 0 Å². The molecule has 1 aliphatic heterocycles. The summed E-state index contributed by atoms with van der Waals surface area (Å²) >= 11 is 1.76. The summed E-state index contributed by atoms with van der Waals surface area (Å²) in [4.78, 5) is 13.9. The van der Waals surface area contributed by atoms with Crippen LogP contribution in [0, 0.1) is 0 Å². The fraction of sp³-hybridized carbons (Fsp3) is 0.400. The molecule has 0 bridgehead atoms. The Labute approximate surface area is 117 Å². The molecule has 0 atom stereocenters. The van der Waals surface area contributed by atoms with Gasteiger partial charge in [-0.25, -0.2) is 0 Å². The number of hydrogen-bond acceptors (Lipinski definition) is 3. The third-order valence-corrected chi connectivity index (χ3v) is 4.62. The number of carbonyl (C=O) groups is 1. The number of amides is 1. The molecular formula is C15H18N2OS. The van der Waals surface area contributed by atoms with E-state index in [0.717, 1.165) is 32.5 Å². The molecule has 0 spiro atoms. The van der Waals surface area contributed by atoms with E-state index in [1.165, 1.54) is 15.6 Å². The summed E-state index contributed by atoms with van der Waals surface area (Å²) in [7, 11) is 0. The van der Waals surface area contributed by atoms with E-state index in [4.69, 9.17) is 0 Å². The van der Waals surface area contributed by atoms with Crippen molar-refractivity contribution in [3.05, 3.63) is 35.2 Å². The van der Waals surface area contributed by atoms with Gasteiger partial charge in [0, 0.05) is 24.3 Å². The van der Waals surface area contributed by atoms with Crippen molar-refractivity contribution in [3.63, 3.8) is 0 Å². The van der Waals surface area contributed by atoms with E-state index in [1.807, 2.05) is 4.90 Å². The van der Waals surface area contributed by atoms with Crippen LogP contribution in [0.15, 0.2) is 29.6 Å². The summed E-state index contributed by atoms with van der Waals surface area (Å²) in [5, 5.41) is 6.75. The molecule has 4 heteroatoms. The molecule has 19 heavy (non-hydrogen) atoms. The first-order chi connectivity index (χ1) is 9.34. The lowest BCUT2D eigenvalue weighted by Gasteiger charge is -2.15. The van der Waals surface area contributed by atoms with Crippen molar-refractivity contribution in [1.29, 1.82) is 0 Å². The second-order valence-electron chi connectivity index (χ2n) is 4.95. The van der Waals surface area contributed by atoms with Crippen molar-refractivity contribution in [2.75, 3.05) is 19.6 Å². The number of rotatable bonds is 4. The zero-order valence-electron chi connectivity index (χ0n) is 10.9. The normalized spacial score (nSPS) is 15.3. The molecule has 0 unspecified atom stereocenters. The van der Waals surface area contributed by atoms with Gasteiger partial charge in [0.25, 0.3) is 0 Å². The lowest BCUT2D eigenvalue weighted by molar-refractivity contribution is -0.129. The van der Waals surface area contributed by atoms with Crippen LogP contribution in [0.5, 0.6) is 0 Å². The maximum atomic E-state index is 11.9. The zero-order valence-corrected chi connectivity index (χ0v) is 11.7. The Bertz CT molecular complexity index is 572. The number of benzene rings is 1. The number of carbonyl (C=O) groups excluding carboxylic acids is 1. The predicted octanol–water partition coefficient (Wildman–Crippen LogP) is 2.61. The molecule has 0 radical (unpaired) electrons. The van der Waals surface area contributed by atoms with E-state index < -0.39 is 0 Å². The molecule has 1 N–H and O–H groups in total. The van der Waals surface area contributed by atoms with E-state index >= 15 is 0 Å². The van der Waals surface area contributed by atoms with Crippen LogP contribution in [0.25, 0.3) is 10.1 Å². The summed E-state index contributed by atoms with van der Waals surface area (Å²) in [6, 6.07) is 8.41. The fourth-order valence-electron chi connectivity index (χ4n) is 2.55. The van der Waals surface area contributed by atoms with Crippen LogP contribution in [0.3, 0.4) is 0 Å². The summed E-state index contributed by atoms with van der Waals surface area (Å²) in [6.45, 7) is 3.08. The Hall–Kier alpha value is -1.39. The molecule has 1 amide bonds. The maximum Gasteiger partial charge on any atom is 0.236 e. The molecule has 2 heterocycles. The number of nitrogens with one attached hydrogen (secondary N) is 1. The number of thiophene rings is 1. The molecule has 0 saturated carbocycles. The Balaban J connectivity index is 1.56.